The first-order chi connectivity index (χ1) is 34.7. The lowest BCUT2D eigenvalue weighted by atomic mass is 9.98. The lowest BCUT2D eigenvalue weighted by molar-refractivity contribution is -0.303. The molecule has 8 N–H and O–H groups in total. The fraction of sp³-hybridized carbons (Fsp3) is 0.950. The van der Waals surface area contributed by atoms with E-state index in [9.17, 15) is 40.5 Å². The molecule has 9 atom stereocenters. The molecule has 0 aromatic heterocycles. The van der Waals surface area contributed by atoms with E-state index in [2.05, 4.69) is 31.3 Å². The highest BCUT2D eigenvalue weighted by molar-refractivity contribution is 5.80. The molecule has 1 aliphatic rings. The Kier molecular flexibility index (Phi) is 47.5. The Morgan fingerprint density at radius 1 is 0.479 bits per heavy atom. The van der Waals surface area contributed by atoms with Crippen LogP contribution in [0.15, 0.2) is 12.2 Å². The number of hydrogen-bond donors (Lipinski definition) is 8. The van der Waals surface area contributed by atoms with Crippen molar-refractivity contribution in [3.05, 3.63) is 12.2 Å². The minimum absolute atomic E-state index is 0.256. The topological polar surface area (TPSA) is 189 Å². The molecule has 0 spiro atoms. The maximum atomic E-state index is 13.2. The molecule has 0 bridgehead atoms. The van der Waals surface area contributed by atoms with E-state index >= 15 is 0 Å². The summed E-state index contributed by atoms with van der Waals surface area (Å²) in [4.78, 5) is 13.2. The lowest BCUT2D eigenvalue weighted by Gasteiger charge is -2.40. The molecule has 1 fully saturated rings. The van der Waals surface area contributed by atoms with Gasteiger partial charge in [-0.2, -0.15) is 0 Å². The van der Waals surface area contributed by atoms with Crippen LogP contribution >= 0.6 is 0 Å². The molecule has 1 rings (SSSR count). The Balaban J connectivity index is 2.29. The molecule has 1 saturated heterocycles. The monoisotopic (exact) mass is 1010 g/mol. The zero-order chi connectivity index (χ0) is 51.8. The van der Waals surface area contributed by atoms with Crippen LogP contribution in [0.3, 0.4) is 0 Å². The summed E-state index contributed by atoms with van der Waals surface area (Å²) in [6.07, 6.45) is 46.9. The van der Waals surface area contributed by atoms with Gasteiger partial charge in [-0.25, -0.2) is 0 Å². The van der Waals surface area contributed by atoms with Crippen LogP contribution in [0.5, 0.6) is 0 Å². The molecule has 0 saturated carbocycles. The van der Waals surface area contributed by atoms with Crippen LogP contribution in [0.4, 0.5) is 0 Å². The summed E-state index contributed by atoms with van der Waals surface area (Å²) in [6, 6.07) is -1.17. The number of nitrogens with one attached hydrogen (secondary N) is 1. The van der Waals surface area contributed by atoms with Gasteiger partial charge in [0.1, 0.15) is 36.6 Å². The number of ether oxygens (including phenoxy) is 2. The van der Waals surface area contributed by atoms with Crippen molar-refractivity contribution in [3.8, 4) is 0 Å². The van der Waals surface area contributed by atoms with Crippen LogP contribution in [-0.4, -0.2) is 110 Å². The highest BCUT2D eigenvalue weighted by Gasteiger charge is 2.44. The van der Waals surface area contributed by atoms with Crippen molar-refractivity contribution in [2.24, 2.45) is 0 Å². The number of carbonyl (C=O) groups excluding carboxylic acids is 1. The van der Waals surface area contributed by atoms with Crippen LogP contribution < -0.4 is 5.32 Å². The SMILES string of the molecule is CCCCCCCCCCCCC/C=C\CCCCCCCCC(O)C(=O)NC(COC1OC(CO)C(O)C(O)C1O)C(O)C(O)CCCCCCCCCCCCCCCCCCCCCCCCC. The van der Waals surface area contributed by atoms with E-state index in [1.807, 2.05) is 0 Å². The zero-order valence-electron chi connectivity index (χ0n) is 46.2. The van der Waals surface area contributed by atoms with Crippen LogP contribution in [0.2, 0.25) is 0 Å². The maximum Gasteiger partial charge on any atom is 0.249 e. The van der Waals surface area contributed by atoms with Gasteiger partial charge in [0, 0.05) is 0 Å². The molecule has 1 amide bonds. The third-order valence-electron chi connectivity index (χ3n) is 15.1. The Labute approximate surface area is 436 Å². The maximum absolute atomic E-state index is 13.2. The summed E-state index contributed by atoms with van der Waals surface area (Å²) in [5, 5.41) is 76.3. The van der Waals surface area contributed by atoms with Crippen molar-refractivity contribution in [3.63, 3.8) is 0 Å². The summed E-state index contributed by atoms with van der Waals surface area (Å²) < 4.78 is 11.2. The van der Waals surface area contributed by atoms with Crippen molar-refractivity contribution >= 4 is 5.91 Å². The van der Waals surface area contributed by atoms with Gasteiger partial charge in [0.25, 0.3) is 0 Å². The van der Waals surface area contributed by atoms with Crippen LogP contribution in [0.25, 0.3) is 0 Å². The zero-order valence-corrected chi connectivity index (χ0v) is 46.2. The predicted molar refractivity (Wildman–Crippen MR) is 293 cm³/mol. The summed E-state index contributed by atoms with van der Waals surface area (Å²) in [7, 11) is 0. The first-order valence-electron chi connectivity index (χ1n) is 30.6. The van der Waals surface area contributed by atoms with Crippen LogP contribution in [0.1, 0.15) is 296 Å². The normalized spacial score (nSPS) is 20.2. The molecule has 1 heterocycles. The standard InChI is InChI=1S/C60H117NO10/c1-3-5-7-9-11-13-15-17-19-21-23-25-26-28-29-31-33-35-37-39-41-43-45-47-52(63)55(65)51(50-70-60-58(68)57(67)56(66)54(49-62)71-60)61-59(69)53(64)48-46-44-42-40-38-36-34-32-30-27-24-22-20-18-16-14-12-10-8-6-4-2/h30,32,51-58,60,62-68H,3-29,31,33-50H2,1-2H3,(H,61,69)/b32-30-. The van der Waals surface area contributed by atoms with E-state index < -0.39 is 74.2 Å². The van der Waals surface area contributed by atoms with Gasteiger partial charge in [-0.15, -0.1) is 0 Å². The average molecular weight is 1010 g/mol. The van der Waals surface area contributed by atoms with Crippen LogP contribution in [0, 0.1) is 0 Å². The third-order valence-corrected chi connectivity index (χ3v) is 15.1. The summed E-state index contributed by atoms with van der Waals surface area (Å²) in [6.45, 7) is 3.50. The Morgan fingerprint density at radius 2 is 0.817 bits per heavy atom. The van der Waals surface area contributed by atoms with Gasteiger partial charge in [0.15, 0.2) is 6.29 Å². The van der Waals surface area contributed by atoms with Crippen molar-refractivity contribution in [1.82, 2.24) is 5.32 Å². The molecule has 0 aromatic rings. The Morgan fingerprint density at radius 3 is 1.18 bits per heavy atom. The van der Waals surface area contributed by atoms with E-state index in [-0.39, 0.29) is 6.42 Å². The lowest BCUT2D eigenvalue weighted by Crippen LogP contribution is -2.60. The van der Waals surface area contributed by atoms with Crippen molar-refractivity contribution in [1.29, 1.82) is 0 Å². The summed E-state index contributed by atoms with van der Waals surface area (Å²) in [5.41, 5.74) is 0. The second-order valence-electron chi connectivity index (χ2n) is 21.8. The quantitative estimate of drug-likeness (QED) is 0.0215. The molecular formula is C60H117NO10. The van der Waals surface area contributed by atoms with Crippen molar-refractivity contribution in [2.45, 2.75) is 351 Å². The molecule has 9 unspecified atom stereocenters. The van der Waals surface area contributed by atoms with Gasteiger partial charge < -0.3 is 50.5 Å². The Bertz CT molecular complexity index is 1160. The summed E-state index contributed by atoms with van der Waals surface area (Å²) in [5.74, 6) is -0.696. The van der Waals surface area contributed by atoms with Crippen LogP contribution in [-0.2, 0) is 14.3 Å². The predicted octanol–water partition coefficient (Wildman–Crippen LogP) is 13.1. The van der Waals surface area contributed by atoms with Gasteiger partial charge in [-0.3, -0.25) is 4.79 Å². The minimum Gasteiger partial charge on any atom is -0.394 e. The number of hydrogen-bond acceptors (Lipinski definition) is 10. The molecular weight excluding hydrogens is 895 g/mol. The van der Waals surface area contributed by atoms with E-state index in [1.54, 1.807) is 0 Å². The largest absolute Gasteiger partial charge is 0.394 e. The fourth-order valence-electron chi connectivity index (χ4n) is 10.1. The van der Waals surface area contributed by atoms with Gasteiger partial charge in [0.05, 0.1) is 25.4 Å². The van der Waals surface area contributed by atoms with Gasteiger partial charge >= 0.3 is 0 Å². The molecule has 11 heteroatoms. The number of allylic oxidation sites excluding steroid dienone is 2. The van der Waals surface area contributed by atoms with E-state index in [0.29, 0.717) is 19.3 Å². The molecule has 11 nitrogen and oxygen atoms in total. The minimum atomic E-state index is -1.66. The third kappa shape index (κ3) is 38.1. The van der Waals surface area contributed by atoms with E-state index in [1.165, 1.54) is 205 Å². The number of carbonyl (C=O) groups is 1. The first kappa shape index (κ1) is 67.9. The molecule has 1 aliphatic heterocycles. The highest BCUT2D eigenvalue weighted by atomic mass is 16.7. The smallest absolute Gasteiger partial charge is 0.249 e. The number of amides is 1. The average Bonchev–Trinajstić information content (AvgIpc) is 3.37. The van der Waals surface area contributed by atoms with Gasteiger partial charge in [-0.1, -0.05) is 270 Å². The second-order valence-corrected chi connectivity index (χ2v) is 21.8. The van der Waals surface area contributed by atoms with E-state index in [0.717, 1.165) is 51.4 Å². The van der Waals surface area contributed by atoms with Crippen molar-refractivity contribution in [2.75, 3.05) is 13.2 Å². The number of aliphatic hydroxyl groups excluding tert-OH is 7. The number of unbranched alkanes of at least 4 members (excludes halogenated alkanes) is 39. The van der Waals surface area contributed by atoms with Crippen molar-refractivity contribution < 1.29 is 50.0 Å². The number of aliphatic hydroxyl groups is 7. The molecule has 0 aromatic carbocycles. The fourth-order valence-corrected chi connectivity index (χ4v) is 10.1. The second kappa shape index (κ2) is 49.7. The van der Waals surface area contributed by atoms with E-state index in [4.69, 9.17) is 9.47 Å². The summed E-state index contributed by atoms with van der Waals surface area (Å²) >= 11 is 0. The van der Waals surface area contributed by atoms with Gasteiger partial charge in [-0.05, 0) is 38.5 Å². The molecule has 422 valence electrons. The first-order valence-corrected chi connectivity index (χ1v) is 30.6. The molecule has 71 heavy (non-hydrogen) atoms. The Hall–Kier alpha value is -1.15. The number of rotatable bonds is 53. The molecule has 0 aliphatic carbocycles. The van der Waals surface area contributed by atoms with Gasteiger partial charge in [0.2, 0.25) is 5.91 Å². The molecule has 0 radical (unpaired) electrons. The highest BCUT2D eigenvalue weighted by Crippen LogP contribution is 2.24.